The van der Waals surface area contributed by atoms with Crippen LogP contribution in [0.5, 0.6) is 0 Å². The normalized spacial score (nSPS) is 12.9. The van der Waals surface area contributed by atoms with Gasteiger partial charge in [0.25, 0.3) is 5.91 Å². The van der Waals surface area contributed by atoms with E-state index in [0.717, 1.165) is 17.8 Å². The first-order chi connectivity index (χ1) is 13.7. The molecule has 0 radical (unpaired) electrons. The first-order valence-corrected chi connectivity index (χ1v) is 9.67. The lowest BCUT2D eigenvalue weighted by molar-refractivity contribution is -0.137. The van der Waals surface area contributed by atoms with E-state index in [1.54, 1.807) is 18.3 Å². The molecule has 3 aromatic heterocycles. The first kappa shape index (κ1) is 21.0. The van der Waals surface area contributed by atoms with E-state index in [2.05, 4.69) is 15.4 Å². The van der Waals surface area contributed by atoms with Crippen molar-refractivity contribution in [2.75, 3.05) is 20.6 Å². The highest BCUT2D eigenvalue weighted by molar-refractivity contribution is 7.07. The number of rotatable bonds is 6. The maximum absolute atomic E-state index is 12.7. The molecule has 1 amide bonds. The Labute approximate surface area is 170 Å². The van der Waals surface area contributed by atoms with Gasteiger partial charge in [-0.25, -0.2) is 9.67 Å². The van der Waals surface area contributed by atoms with Crippen molar-refractivity contribution in [2.45, 2.75) is 19.1 Å². The molecule has 0 fully saturated rings. The molecule has 0 saturated heterocycles. The van der Waals surface area contributed by atoms with Gasteiger partial charge in [0.2, 0.25) is 0 Å². The number of likely N-dealkylation sites (N-methyl/N-ethyl adjacent to an activating group) is 1. The van der Waals surface area contributed by atoms with Crippen molar-refractivity contribution in [3.63, 3.8) is 0 Å². The monoisotopic (exact) mass is 423 g/mol. The van der Waals surface area contributed by atoms with E-state index < -0.39 is 11.7 Å². The van der Waals surface area contributed by atoms with Crippen LogP contribution in [0.2, 0.25) is 0 Å². The van der Waals surface area contributed by atoms with Crippen molar-refractivity contribution in [3.05, 3.63) is 63.7 Å². The molecule has 0 saturated carbocycles. The van der Waals surface area contributed by atoms with Crippen LogP contribution in [0, 0.1) is 6.92 Å². The van der Waals surface area contributed by atoms with Crippen LogP contribution >= 0.6 is 11.3 Å². The maximum atomic E-state index is 12.7. The summed E-state index contributed by atoms with van der Waals surface area (Å²) < 4.78 is 39.4. The van der Waals surface area contributed by atoms with Gasteiger partial charge < -0.3 is 10.2 Å². The van der Waals surface area contributed by atoms with Gasteiger partial charge in [0.15, 0.2) is 5.82 Å². The SMILES string of the molecule is Cc1c(C(=O)NCC(c2ccsc2)N(C)C)cnn1-c1ccc(C(F)(F)F)cn1. The number of carbonyl (C=O) groups excluding carboxylic acids is 1. The number of hydrogen-bond donors (Lipinski definition) is 1. The third-order valence-electron chi connectivity index (χ3n) is 4.55. The van der Waals surface area contributed by atoms with Crippen molar-refractivity contribution in [2.24, 2.45) is 0 Å². The van der Waals surface area contributed by atoms with Crippen LogP contribution in [0.15, 0.2) is 41.4 Å². The molecule has 0 aromatic carbocycles. The highest BCUT2D eigenvalue weighted by atomic mass is 32.1. The Hall–Kier alpha value is -2.72. The second-order valence-electron chi connectivity index (χ2n) is 6.70. The van der Waals surface area contributed by atoms with Crippen LogP contribution < -0.4 is 5.32 Å². The number of halogens is 3. The molecule has 6 nitrogen and oxygen atoms in total. The summed E-state index contributed by atoms with van der Waals surface area (Å²) in [7, 11) is 3.88. The zero-order chi connectivity index (χ0) is 21.2. The summed E-state index contributed by atoms with van der Waals surface area (Å²) in [5, 5.41) is 11.0. The van der Waals surface area contributed by atoms with Crippen LogP contribution in [-0.2, 0) is 6.18 Å². The van der Waals surface area contributed by atoms with Gasteiger partial charge in [-0.2, -0.15) is 29.6 Å². The van der Waals surface area contributed by atoms with Gasteiger partial charge in [0, 0.05) is 12.7 Å². The molecule has 3 heterocycles. The summed E-state index contributed by atoms with van der Waals surface area (Å²) in [4.78, 5) is 18.5. The second-order valence-corrected chi connectivity index (χ2v) is 7.48. The molecule has 10 heteroatoms. The number of aromatic nitrogens is 3. The van der Waals surface area contributed by atoms with Gasteiger partial charge in [-0.15, -0.1) is 0 Å². The standard InChI is InChI=1S/C19H20F3N5OS/c1-12-15(18(28)24-10-16(26(2)3)13-6-7-29-11-13)9-25-27(12)17-5-4-14(8-23-17)19(20,21)22/h4-9,11,16H,10H2,1-3H3,(H,24,28). The van der Waals surface area contributed by atoms with Gasteiger partial charge in [-0.3, -0.25) is 4.79 Å². The van der Waals surface area contributed by atoms with Gasteiger partial charge in [0.05, 0.1) is 29.1 Å². The molecule has 1 unspecified atom stereocenters. The van der Waals surface area contributed by atoms with Crippen LogP contribution in [0.4, 0.5) is 13.2 Å². The first-order valence-electron chi connectivity index (χ1n) is 8.73. The Balaban J connectivity index is 1.74. The molecule has 3 rings (SSSR count). The van der Waals surface area contributed by atoms with E-state index >= 15 is 0 Å². The molecule has 154 valence electrons. The minimum absolute atomic E-state index is 0.0251. The fourth-order valence-electron chi connectivity index (χ4n) is 2.89. The highest BCUT2D eigenvalue weighted by Crippen LogP contribution is 2.29. The number of alkyl halides is 3. The highest BCUT2D eigenvalue weighted by Gasteiger charge is 2.31. The van der Waals surface area contributed by atoms with Gasteiger partial charge in [-0.05, 0) is 55.5 Å². The van der Waals surface area contributed by atoms with Crippen LogP contribution in [-0.4, -0.2) is 46.2 Å². The average molecular weight is 423 g/mol. The number of nitrogens with zero attached hydrogens (tertiary/aromatic N) is 4. The van der Waals surface area contributed by atoms with Crippen molar-refractivity contribution >= 4 is 17.2 Å². The van der Waals surface area contributed by atoms with E-state index in [0.29, 0.717) is 17.8 Å². The number of pyridine rings is 1. The Morgan fingerprint density at radius 1 is 1.28 bits per heavy atom. The lowest BCUT2D eigenvalue weighted by Gasteiger charge is -2.24. The fourth-order valence-corrected chi connectivity index (χ4v) is 3.60. The molecule has 3 aromatic rings. The summed E-state index contributed by atoms with van der Waals surface area (Å²) in [5.41, 5.74) is 1.11. The van der Waals surface area contributed by atoms with E-state index in [-0.39, 0.29) is 17.8 Å². The number of nitrogens with one attached hydrogen (secondary N) is 1. The summed E-state index contributed by atoms with van der Waals surface area (Å²) in [5.74, 6) is -0.0956. The van der Waals surface area contributed by atoms with E-state index in [4.69, 9.17) is 0 Å². The lowest BCUT2D eigenvalue weighted by atomic mass is 10.1. The van der Waals surface area contributed by atoms with Crippen molar-refractivity contribution in [3.8, 4) is 5.82 Å². The molecule has 1 atom stereocenters. The number of hydrogen-bond acceptors (Lipinski definition) is 5. The van der Waals surface area contributed by atoms with Crippen LogP contribution in [0.3, 0.4) is 0 Å². The van der Waals surface area contributed by atoms with Crippen molar-refractivity contribution in [1.82, 2.24) is 25.0 Å². The summed E-state index contributed by atoms with van der Waals surface area (Å²) >= 11 is 1.59. The van der Waals surface area contributed by atoms with Gasteiger partial charge in [0.1, 0.15) is 0 Å². The van der Waals surface area contributed by atoms with Crippen LogP contribution in [0.25, 0.3) is 5.82 Å². The van der Waals surface area contributed by atoms with Crippen molar-refractivity contribution in [1.29, 1.82) is 0 Å². The maximum Gasteiger partial charge on any atom is 0.417 e. The van der Waals surface area contributed by atoms with E-state index in [1.165, 1.54) is 16.9 Å². The molecular formula is C19H20F3N5OS. The summed E-state index contributed by atoms with van der Waals surface area (Å²) in [6.07, 6.45) is -2.32. The molecular weight excluding hydrogens is 403 g/mol. The fraction of sp³-hybridized carbons (Fsp3) is 0.316. The minimum atomic E-state index is -4.46. The molecule has 29 heavy (non-hydrogen) atoms. The molecule has 0 spiro atoms. The largest absolute Gasteiger partial charge is 0.417 e. The smallest absolute Gasteiger partial charge is 0.350 e. The summed E-state index contributed by atoms with van der Waals surface area (Å²) in [6.45, 7) is 2.08. The molecule has 0 aliphatic carbocycles. The molecule has 1 N–H and O–H groups in total. The summed E-state index contributed by atoms with van der Waals surface area (Å²) in [6, 6.07) is 4.20. The molecule has 0 aliphatic rings. The van der Waals surface area contributed by atoms with Crippen LogP contribution in [0.1, 0.15) is 33.2 Å². The van der Waals surface area contributed by atoms with Crippen molar-refractivity contribution < 1.29 is 18.0 Å². The molecule has 0 bridgehead atoms. The quantitative estimate of drug-likeness (QED) is 0.657. The minimum Gasteiger partial charge on any atom is -0.350 e. The second kappa shape index (κ2) is 8.34. The zero-order valence-electron chi connectivity index (χ0n) is 16.1. The predicted octanol–water partition coefficient (Wildman–Crippen LogP) is 3.69. The Bertz CT molecular complexity index is 965. The van der Waals surface area contributed by atoms with Gasteiger partial charge >= 0.3 is 6.18 Å². The molecule has 0 aliphatic heterocycles. The number of carbonyl (C=O) groups is 1. The van der Waals surface area contributed by atoms with E-state index in [1.807, 2.05) is 35.8 Å². The van der Waals surface area contributed by atoms with Gasteiger partial charge in [-0.1, -0.05) is 0 Å². The Kier molecular flexibility index (Phi) is 6.04. The average Bonchev–Trinajstić information content (AvgIpc) is 3.31. The lowest BCUT2D eigenvalue weighted by Crippen LogP contribution is -2.34. The number of amides is 1. The third kappa shape index (κ3) is 4.65. The van der Waals surface area contributed by atoms with E-state index in [9.17, 15) is 18.0 Å². The zero-order valence-corrected chi connectivity index (χ0v) is 16.9. The number of thiophene rings is 1. The topological polar surface area (TPSA) is 63.1 Å². The Morgan fingerprint density at radius 3 is 2.59 bits per heavy atom. The Morgan fingerprint density at radius 2 is 2.03 bits per heavy atom. The third-order valence-corrected chi connectivity index (χ3v) is 5.26. The predicted molar refractivity (Wildman–Crippen MR) is 104 cm³/mol.